The summed E-state index contributed by atoms with van der Waals surface area (Å²) in [7, 11) is 1.63. The van der Waals surface area contributed by atoms with Crippen LogP contribution in [-0.2, 0) is 11.3 Å². The number of carbonyl (C=O) groups excluding carboxylic acids is 1. The maximum atomic E-state index is 11.4. The van der Waals surface area contributed by atoms with Crippen molar-refractivity contribution >= 4 is 17.5 Å². The van der Waals surface area contributed by atoms with Crippen LogP contribution in [0.25, 0.3) is 0 Å². The van der Waals surface area contributed by atoms with Crippen molar-refractivity contribution in [2.75, 3.05) is 13.0 Å². The maximum Gasteiger partial charge on any atom is 0.220 e. The van der Waals surface area contributed by atoms with Crippen molar-refractivity contribution in [2.24, 2.45) is 0 Å². The molecule has 1 aromatic carbocycles. The molecule has 0 saturated heterocycles. The van der Waals surface area contributed by atoms with E-state index < -0.39 is 0 Å². The first-order valence-corrected chi connectivity index (χ1v) is 6.25. The summed E-state index contributed by atoms with van der Waals surface area (Å²) in [6.07, 6.45) is 2.28. The zero-order chi connectivity index (χ0) is 12.5. The third-order valence-electron chi connectivity index (χ3n) is 2.44. The normalized spacial score (nSPS) is 10.0. The van der Waals surface area contributed by atoms with Gasteiger partial charge >= 0.3 is 0 Å². The van der Waals surface area contributed by atoms with Gasteiger partial charge in [0.2, 0.25) is 5.91 Å². The van der Waals surface area contributed by atoms with Crippen molar-refractivity contribution in [1.82, 2.24) is 5.32 Å². The quantitative estimate of drug-likeness (QED) is 0.601. The molecule has 17 heavy (non-hydrogen) atoms. The van der Waals surface area contributed by atoms with E-state index in [0.717, 1.165) is 24.2 Å². The number of amides is 1. The van der Waals surface area contributed by atoms with Gasteiger partial charge in [0.15, 0.2) is 0 Å². The zero-order valence-electron chi connectivity index (χ0n) is 10.0. The van der Waals surface area contributed by atoms with Gasteiger partial charge in [0.1, 0.15) is 5.75 Å². The molecule has 0 unspecified atom stereocenters. The highest BCUT2D eigenvalue weighted by Gasteiger charge is 2.01. The molecule has 1 rings (SSSR count). The highest BCUT2D eigenvalue weighted by Crippen LogP contribution is 2.11. The van der Waals surface area contributed by atoms with Crippen LogP contribution in [0.3, 0.4) is 0 Å². The molecule has 0 fully saturated rings. The summed E-state index contributed by atoms with van der Waals surface area (Å²) in [4.78, 5) is 11.4. The smallest absolute Gasteiger partial charge is 0.220 e. The fourth-order valence-corrected chi connectivity index (χ4v) is 1.60. The van der Waals surface area contributed by atoms with Crippen LogP contribution < -0.4 is 10.1 Å². The van der Waals surface area contributed by atoms with Gasteiger partial charge in [-0.15, -0.1) is 11.6 Å². The van der Waals surface area contributed by atoms with Crippen molar-refractivity contribution in [3.05, 3.63) is 29.8 Å². The number of hydrogen-bond donors (Lipinski definition) is 1. The van der Waals surface area contributed by atoms with Crippen LogP contribution in [0, 0.1) is 0 Å². The number of unbranched alkanes of at least 4 members (excludes halogenated alkanes) is 1. The van der Waals surface area contributed by atoms with Crippen LogP contribution >= 0.6 is 11.6 Å². The second kappa shape index (κ2) is 7.96. The lowest BCUT2D eigenvalue weighted by molar-refractivity contribution is -0.121. The van der Waals surface area contributed by atoms with E-state index in [2.05, 4.69) is 5.32 Å². The first-order chi connectivity index (χ1) is 8.26. The molecule has 0 aliphatic heterocycles. The van der Waals surface area contributed by atoms with Gasteiger partial charge in [-0.3, -0.25) is 4.79 Å². The summed E-state index contributed by atoms with van der Waals surface area (Å²) in [5.74, 6) is 1.51. The molecule has 4 heteroatoms. The zero-order valence-corrected chi connectivity index (χ0v) is 10.8. The summed E-state index contributed by atoms with van der Waals surface area (Å²) in [5.41, 5.74) is 1.07. The number of carbonyl (C=O) groups is 1. The molecule has 0 spiro atoms. The van der Waals surface area contributed by atoms with E-state index in [1.54, 1.807) is 7.11 Å². The molecule has 1 amide bonds. The summed E-state index contributed by atoms with van der Waals surface area (Å²) in [5, 5.41) is 2.87. The van der Waals surface area contributed by atoms with E-state index in [-0.39, 0.29) is 5.91 Å². The van der Waals surface area contributed by atoms with E-state index in [1.165, 1.54) is 0 Å². The highest BCUT2D eigenvalue weighted by atomic mass is 35.5. The number of hydrogen-bond acceptors (Lipinski definition) is 2. The van der Waals surface area contributed by atoms with Crippen molar-refractivity contribution in [2.45, 2.75) is 25.8 Å². The largest absolute Gasteiger partial charge is 0.497 e. The second-order valence-corrected chi connectivity index (χ2v) is 4.15. The Kier molecular flexibility index (Phi) is 6.48. The van der Waals surface area contributed by atoms with Gasteiger partial charge in [0.25, 0.3) is 0 Å². The summed E-state index contributed by atoms with van der Waals surface area (Å²) in [6, 6.07) is 7.65. The Hall–Kier alpha value is -1.22. The average Bonchev–Trinajstić information content (AvgIpc) is 2.37. The minimum absolute atomic E-state index is 0.0749. The lowest BCUT2D eigenvalue weighted by Gasteiger charge is -2.06. The Morgan fingerprint density at radius 3 is 2.59 bits per heavy atom. The Morgan fingerprint density at radius 2 is 2.00 bits per heavy atom. The van der Waals surface area contributed by atoms with E-state index in [9.17, 15) is 4.79 Å². The highest BCUT2D eigenvalue weighted by molar-refractivity contribution is 6.17. The van der Waals surface area contributed by atoms with Crippen molar-refractivity contribution in [3.63, 3.8) is 0 Å². The molecule has 94 valence electrons. The van der Waals surface area contributed by atoms with Gasteiger partial charge in [-0.25, -0.2) is 0 Å². The van der Waals surface area contributed by atoms with Crippen LogP contribution in [0.5, 0.6) is 5.75 Å². The number of methoxy groups -OCH3 is 1. The maximum absolute atomic E-state index is 11.4. The number of halogens is 1. The molecule has 3 nitrogen and oxygen atoms in total. The van der Waals surface area contributed by atoms with Gasteiger partial charge in [-0.2, -0.15) is 0 Å². The van der Waals surface area contributed by atoms with Gasteiger partial charge < -0.3 is 10.1 Å². The van der Waals surface area contributed by atoms with Crippen LogP contribution in [0.4, 0.5) is 0 Å². The third kappa shape index (κ3) is 5.59. The molecular weight excluding hydrogens is 238 g/mol. The van der Waals surface area contributed by atoms with Crippen LogP contribution in [0.1, 0.15) is 24.8 Å². The van der Waals surface area contributed by atoms with Gasteiger partial charge in [0, 0.05) is 18.8 Å². The Bertz CT molecular complexity index is 338. The first-order valence-electron chi connectivity index (χ1n) is 5.72. The van der Waals surface area contributed by atoms with Crippen molar-refractivity contribution in [3.8, 4) is 5.75 Å². The second-order valence-electron chi connectivity index (χ2n) is 3.77. The molecule has 0 saturated carbocycles. The number of alkyl halides is 1. The van der Waals surface area contributed by atoms with Crippen molar-refractivity contribution < 1.29 is 9.53 Å². The lowest BCUT2D eigenvalue weighted by Crippen LogP contribution is -2.22. The predicted octanol–water partition coefficient (Wildman–Crippen LogP) is 2.72. The fourth-order valence-electron chi connectivity index (χ4n) is 1.41. The minimum atomic E-state index is 0.0749. The molecule has 0 atom stereocenters. The Morgan fingerprint density at radius 1 is 1.29 bits per heavy atom. The fraction of sp³-hybridized carbons (Fsp3) is 0.462. The molecule has 0 radical (unpaired) electrons. The third-order valence-corrected chi connectivity index (χ3v) is 2.70. The van der Waals surface area contributed by atoms with Crippen LogP contribution in [-0.4, -0.2) is 18.9 Å². The van der Waals surface area contributed by atoms with Gasteiger partial charge in [0.05, 0.1) is 7.11 Å². The summed E-state index contributed by atoms with van der Waals surface area (Å²) < 4.78 is 5.06. The molecular formula is C13H18ClNO2. The van der Waals surface area contributed by atoms with E-state index >= 15 is 0 Å². The first kappa shape index (κ1) is 13.8. The SMILES string of the molecule is COc1ccc(CNC(=O)CCCCCl)cc1. The number of ether oxygens (including phenoxy) is 1. The van der Waals surface area contributed by atoms with E-state index in [1.807, 2.05) is 24.3 Å². The summed E-state index contributed by atoms with van der Waals surface area (Å²) in [6.45, 7) is 0.559. The van der Waals surface area contributed by atoms with Crippen LogP contribution in [0.2, 0.25) is 0 Å². The minimum Gasteiger partial charge on any atom is -0.497 e. The van der Waals surface area contributed by atoms with Gasteiger partial charge in [-0.1, -0.05) is 12.1 Å². The average molecular weight is 256 g/mol. The van der Waals surface area contributed by atoms with Crippen LogP contribution in [0.15, 0.2) is 24.3 Å². The van der Waals surface area contributed by atoms with E-state index in [4.69, 9.17) is 16.3 Å². The number of nitrogens with one attached hydrogen (secondary N) is 1. The molecule has 0 aromatic heterocycles. The van der Waals surface area contributed by atoms with E-state index in [0.29, 0.717) is 18.8 Å². The summed E-state index contributed by atoms with van der Waals surface area (Å²) >= 11 is 5.54. The predicted molar refractivity (Wildman–Crippen MR) is 69.4 cm³/mol. The molecule has 0 aliphatic carbocycles. The molecule has 0 heterocycles. The number of rotatable bonds is 7. The topological polar surface area (TPSA) is 38.3 Å². The molecule has 0 bridgehead atoms. The molecule has 1 aromatic rings. The van der Waals surface area contributed by atoms with Gasteiger partial charge in [-0.05, 0) is 30.5 Å². The number of benzene rings is 1. The molecule has 0 aliphatic rings. The Balaban J connectivity index is 2.27. The van der Waals surface area contributed by atoms with Crippen molar-refractivity contribution in [1.29, 1.82) is 0 Å². The standard InChI is InChI=1S/C13H18ClNO2/c1-17-12-7-5-11(6-8-12)10-15-13(16)4-2-3-9-14/h5-8H,2-4,9-10H2,1H3,(H,15,16). The monoisotopic (exact) mass is 255 g/mol. The Labute approximate surface area is 107 Å². The lowest BCUT2D eigenvalue weighted by atomic mass is 10.2. The molecule has 1 N–H and O–H groups in total.